The molecule has 6 atom stereocenters. The van der Waals surface area contributed by atoms with Crippen LogP contribution in [0.5, 0.6) is 0 Å². The Morgan fingerprint density at radius 3 is 2.57 bits per heavy atom. The summed E-state index contributed by atoms with van der Waals surface area (Å²) >= 11 is 0. The number of Topliss-reactive ketones (excluding diaryl/α,β-unsaturated/α-hetero) is 1. The van der Waals surface area contributed by atoms with Crippen molar-refractivity contribution in [2.24, 2.45) is 11.8 Å². The van der Waals surface area contributed by atoms with Gasteiger partial charge in [0.05, 0.1) is 25.2 Å². The number of ether oxygens (including phenoxy) is 4. The minimum atomic E-state index is -4.64. The molecule has 2 saturated heterocycles. The Balaban J connectivity index is 1.69. The summed E-state index contributed by atoms with van der Waals surface area (Å²) in [5, 5.41) is 0. The van der Waals surface area contributed by atoms with Crippen LogP contribution in [0.15, 0.2) is 0 Å². The first-order valence-corrected chi connectivity index (χ1v) is 7.72. The first-order valence-electron chi connectivity index (χ1n) is 7.72. The summed E-state index contributed by atoms with van der Waals surface area (Å²) in [5.74, 6) is -0.465. The highest BCUT2D eigenvalue weighted by Crippen LogP contribution is 2.59. The molecular formula is C15H21F3O5. The summed E-state index contributed by atoms with van der Waals surface area (Å²) in [6.07, 6.45) is -4.98. The van der Waals surface area contributed by atoms with E-state index in [0.717, 1.165) is 0 Å². The molecule has 1 saturated carbocycles. The van der Waals surface area contributed by atoms with E-state index in [2.05, 4.69) is 4.74 Å². The van der Waals surface area contributed by atoms with Crippen LogP contribution in [0.1, 0.15) is 26.7 Å². The maximum Gasteiger partial charge on any atom is 0.522 e. The van der Waals surface area contributed by atoms with E-state index in [1.165, 1.54) is 7.11 Å². The Kier molecular flexibility index (Phi) is 4.03. The molecule has 2 heterocycles. The smallest absolute Gasteiger partial charge is 0.373 e. The van der Waals surface area contributed by atoms with Gasteiger partial charge in [0.2, 0.25) is 0 Å². The number of epoxide rings is 2. The molecule has 23 heavy (non-hydrogen) atoms. The topological polar surface area (TPSA) is 60.6 Å². The third-order valence-corrected chi connectivity index (χ3v) is 5.30. The van der Waals surface area contributed by atoms with Crippen LogP contribution < -0.4 is 0 Å². The van der Waals surface area contributed by atoms with Crippen molar-refractivity contribution in [1.29, 1.82) is 0 Å². The SMILES string of the molecule is CO[C@@H]1C(=O)[C@H](C)C[C@]2(CO2)[C@H]1[C@@]1(C)O[C@@H]1CCOC(F)(F)F. The summed E-state index contributed by atoms with van der Waals surface area (Å²) in [6.45, 7) is 3.72. The molecule has 0 N–H and O–H groups in total. The number of carbonyl (C=O) groups excluding carboxylic acids is 1. The van der Waals surface area contributed by atoms with Gasteiger partial charge in [-0.3, -0.25) is 9.53 Å². The van der Waals surface area contributed by atoms with Gasteiger partial charge in [-0.05, 0) is 13.3 Å². The Morgan fingerprint density at radius 2 is 2.04 bits per heavy atom. The zero-order valence-corrected chi connectivity index (χ0v) is 13.3. The van der Waals surface area contributed by atoms with Gasteiger partial charge in [-0.15, -0.1) is 13.2 Å². The maximum absolute atomic E-state index is 12.4. The predicted octanol–water partition coefficient (Wildman–Crippen LogP) is 2.08. The van der Waals surface area contributed by atoms with Crippen molar-refractivity contribution in [3.05, 3.63) is 0 Å². The Morgan fingerprint density at radius 1 is 1.39 bits per heavy atom. The lowest BCUT2D eigenvalue weighted by atomic mass is 9.66. The highest BCUT2D eigenvalue weighted by Gasteiger charge is 2.72. The van der Waals surface area contributed by atoms with Crippen molar-refractivity contribution in [3.63, 3.8) is 0 Å². The summed E-state index contributed by atoms with van der Waals surface area (Å²) in [5.41, 5.74) is -1.18. The highest BCUT2D eigenvalue weighted by molar-refractivity contribution is 5.87. The van der Waals surface area contributed by atoms with E-state index in [0.29, 0.717) is 13.0 Å². The second kappa shape index (κ2) is 5.40. The Hall–Kier alpha value is -0.700. The molecule has 5 nitrogen and oxygen atoms in total. The number of carbonyl (C=O) groups is 1. The lowest BCUT2D eigenvalue weighted by Crippen LogP contribution is -2.55. The van der Waals surface area contributed by atoms with E-state index in [1.54, 1.807) is 0 Å². The number of methoxy groups -OCH3 is 1. The molecule has 0 radical (unpaired) electrons. The average molecular weight is 338 g/mol. The standard InChI is InChI=1S/C15H21F3O5/c1-8-6-14(7-22-14)12(11(20-3)10(8)19)13(2)9(23-13)4-5-21-15(16,17)18/h8-9,11-12H,4-7H2,1-3H3/t8-,9-,11-,12-,13+,14+/m1/s1. The quantitative estimate of drug-likeness (QED) is 0.718. The zero-order valence-electron chi connectivity index (χ0n) is 13.3. The van der Waals surface area contributed by atoms with Crippen LogP contribution in [0.2, 0.25) is 0 Å². The molecule has 0 unspecified atom stereocenters. The molecule has 3 rings (SSSR count). The highest BCUT2D eigenvalue weighted by atomic mass is 19.4. The van der Waals surface area contributed by atoms with Crippen LogP contribution in [0.4, 0.5) is 13.2 Å². The van der Waals surface area contributed by atoms with Gasteiger partial charge in [-0.1, -0.05) is 6.92 Å². The largest absolute Gasteiger partial charge is 0.522 e. The van der Waals surface area contributed by atoms with Crippen molar-refractivity contribution in [2.45, 2.75) is 56.5 Å². The van der Waals surface area contributed by atoms with Gasteiger partial charge in [0.15, 0.2) is 5.78 Å². The number of halogens is 3. The van der Waals surface area contributed by atoms with Gasteiger partial charge in [0, 0.05) is 19.4 Å². The van der Waals surface area contributed by atoms with Crippen LogP contribution >= 0.6 is 0 Å². The molecule has 3 fully saturated rings. The van der Waals surface area contributed by atoms with Crippen LogP contribution in [0, 0.1) is 11.8 Å². The number of hydrogen-bond donors (Lipinski definition) is 0. The maximum atomic E-state index is 12.4. The monoisotopic (exact) mass is 338 g/mol. The molecular weight excluding hydrogens is 317 g/mol. The van der Waals surface area contributed by atoms with E-state index < -0.39 is 36.4 Å². The van der Waals surface area contributed by atoms with E-state index >= 15 is 0 Å². The molecule has 3 aliphatic rings. The van der Waals surface area contributed by atoms with E-state index in [4.69, 9.17) is 14.2 Å². The van der Waals surface area contributed by atoms with Crippen molar-refractivity contribution < 1.29 is 36.9 Å². The fourth-order valence-electron chi connectivity index (χ4n) is 4.10. The zero-order chi connectivity index (χ0) is 17.0. The molecule has 0 amide bonds. The van der Waals surface area contributed by atoms with Crippen LogP contribution in [0.25, 0.3) is 0 Å². The minimum Gasteiger partial charge on any atom is -0.373 e. The first kappa shape index (κ1) is 17.1. The predicted molar refractivity (Wildman–Crippen MR) is 71.7 cm³/mol. The van der Waals surface area contributed by atoms with Crippen molar-refractivity contribution in [1.82, 2.24) is 0 Å². The summed E-state index contributed by atoms with van der Waals surface area (Å²) < 4.78 is 56.8. The molecule has 0 aromatic carbocycles. The third kappa shape index (κ3) is 3.01. The van der Waals surface area contributed by atoms with E-state index in [1.807, 2.05) is 13.8 Å². The Labute approximate surface area is 132 Å². The molecule has 8 heteroatoms. The van der Waals surface area contributed by atoms with E-state index in [9.17, 15) is 18.0 Å². The molecule has 0 bridgehead atoms. The lowest BCUT2D eigenvalue weighted by molar-refractivity contribution is -0.324. The van der Waals surface area contributed by atoms with Gasteiger partial charge in [0.25, 0.3) is 0 Å². The summed E-state index contributed by atoms with van der Waals surface area (Å²) in [7, 11) is 1.47. The molecule has 2 aliphatic heterocycles. The number of alkyl halides is 3. The van der Waals surface area contributed by atoms with Crippen molar-refractivity contribution in [2.75, 3.05) is 20.3 Å². The minimum absolute atomic E-state index is 0.000594. The number of ketones is 1. The molecule has 132 valence electrons. The molecule has 1 spiro atoms. The summed E-state index contributed by atoms with van der Waals surface area (Å²) in [4.78, 5) is 12.4. The fourth-order valence-corrected chi connectivity index (χ4v) is 4.10. The fraction of sp³-hybridized carbons (Fsp3) is 0.933. The normalized spacial score (nSPS) is 46.3. The molecule has 1 aliphatic carbocycles. The lowest BCUT2D eigenvalue weighted by Gasteiger charge is -2.40. The van der Waals surface area contributed by atoms with Gasteiger partial charge in [0.1, 0.15) is 17.3 Å². The van der Waals surface area contributed by atoms with Crippen molar-refractivity contribution in [3.8, 4) is 0 Å². The van der Waals surface area contributed by atoms with Gasteiger partial charge in [-0.25, -0.2) is 0 Å². The second-order valence-electron chi connectivity index (χ2n) is 6.87. The average Bonchev–Trinajstić information content (AvgIpc) is 3.32. The Bertz CT molecular complexity index is 490. The number of rotatable bonds is 5. The van der Waals surface area contributed by atoms with Gasteiger partial charge < -0.3 is 14.2 Å². The van der Waals surface area contributed by atoms with Crippen LogP contribution in [0.3, 0.4) is 0 Å². The summed E-state index contributed by atoms with van der Waals surface area (Å²) in [6, 6.07) is 0. The van der Waals surface area contributed by atoms with Crippen LogP contribution in [-0.4, -0.2) is 55.9 Å². The van der Waals surface area contributed by atoms with Gasteiger partial charge >= 0.3 is 6.36 Å². The van der Waals surface area contributed by atoms with Crippen molar-refractivity contribution >= 4 is 5.78 Å². The molecule has 0 aromatic heterocycles. The van der Waals surface area contributed by atoms with E-state index in [-0.39, 0.29) is 24.0 Å². The number of hydrogen-bond acceptors (Lipinski definition) is 5. The third-order valence-electron chi connectivity index (χ3n) is 5.30. The second-order valence-corrected chi connectivity index (χ2v) is 6.87. The molecule has 0 aromatic rings. The van der Waals surface area contributed by atoms with Gasteiger partial charge in [-0.2, -0.15) is 0 Å². The first-order chi connectivity index (χ1) is 10.6. The van der Waals surface area contributed by atoms with Crippen LogP contribution in [-0.2, 0) is 23.7 Å².